The number of aryl methyl sites for hydroxylation is 1. The predicted molar refractivity (Wildman–Crippen MR) is 73.6 cm³/mol. The number of halogens is 3. The van der Waals surface area contributed by atoms with Crippen molar-refractivity contribution in [1.29, 1.82) is 0 Å². The van der Waals surface area contributed by atoms with E-state index < -0.39 is 11.7 Å². The summed E-state index contributed by atoms with van der Waals surface area (Å²) in [5, 5.41) is 0. The van der Waals surface area contributed by atoms with Crippen molar-refractivity contribution < 1.29 is 13.2 Å². The molecule has 0 aliphatic rings. The second-order valence-electron chi connectivity index (χ2n) is 4.23. The molecule has 6 heteroatoms. The molecule has 0 spiro atoms. The minimum atomic E-state index is -4.34. The van der Waals surface area contributed by atoms with Gasteiger partial charge in [0.1, 0.15) is 0 Å². The third-order valence-corrected chi connectivity index (χ3v) is 3.57. The van der Waals surface area contributed by atoms with Crippen LogP contribution in [0, 0.1) is 6.92 Å². The molecule has 20 heavy (non-hydrogen) atoms. The number of aromatic nitrogens is 2. The Bertz CT molecular complexity index is 594. The number of thioether (sulfide) groups is 1. The highest BCUT2D eigenvalue weighted by molar-refractivity contribution is 7.99. The Morgan fingerprint density at radius 3 is 2.35 bits per heavy atom. The number of rotatable bonds is 3. The van der Waals surface area contributed by atoms with Gasteiger partial charge < -0.3 is 0 Å². The van der Waals surface area contributed by atoms with E-state index in [0.29, 0.717) is 22.0 Å². The molecule has 0 aliphatic carbocycles. The van der Waals surface area contributed by atoms with Crippen molar-refractivity contribution in [3.05, 3.63) is 41.7 Å². The summed E-state index contributed by atoms with van der Waals surface area (Å²) in [6, 6.07) is 3.66. The lowest BCUT2D eigenvalue weighted by Crippen LogP contribution is -2.05. The highest BCUT2D eigenvalue weighted by Crippen LogP contribution is 2.36. The van der Waals surface area contributed by atoms with Crippen LogP contribution in [0.3, 0.4) is 0 Å². The van der Waals surface area contributed by atoms with E-state index in [9.17, 15) is 13.2 Å². The van der Waals surface area contributed by atoms with Crippen LogP contribution < -0.4 is 0 Å². The summed E-state index contributed by atoms with van der Waals surface area (Å²) in [6.07, 6.45) is -1.03. The van der Waals surface area contributed by atoms with Crippen molar-refractivity contribution in [2.45, 2.75) is 24.9 Å². The van der Waals surface area contributed by atoms with Gasteiger partial charge in [-0.15, -0.1) is 11.8 Å². The summed E-state index contributed by atoms with van der Waals surface area (Å²) >= 11 is 1.35. The first-order valence-electron chi connectivity index (χ1n) is 6.05. The molecule has 0 N–H and O–H groups in total. The first-order chi connectivity index (χ1) is 9.41. The van der Waals surface area contributed by atoms with Crippen LogP contribution in [0.25, 0.3) is 11.4 Å². The average Bonchev–Trinajstić information content (AvgIpc) is 2.39. The highest BCUT2D eigenvalue weighted by Gasteiger charge is 2.31. The van der Waals surface area contributed by atoms with Gasteiger partial charge in [0.05, 0.1) is 5.56 Å². The normalized spacial score (nSPS) is 11.7. The molecule has 1 aromatic heterocycles. The molecule has 0 aliphatic heterocycles. The van der Waals surface area contributed by atoms with Gasteiger partial charge in [-0.05, 0) is 36.4 Å². The third kappa shape index (κ3) is 3.30. The molecule has 2 rings (SSSR count). The first-order valence-corrected chi connectivity index (χ1v) is 7.03. The molecule has 1 aromatic carbocycles. The second-order valence-corrected chi connectivity index (χ2v) is 5.53. The fourth-order valence-corrected chi connectivity index (χ4v) is 2.53. The van der Waals surface area contributed by atoms with E-state index in [0.717, 1.165) is 17.7 Å². The lowest BCUT2D eigenvalue weighted by atomic mass is 10.1. The van der Waals surface area contributed by atoms with Crippen LogP contribution >= 0.6 is 11.8 Å². The zero-order chi connectivity index (χ0) is 14.8. The zero-order valence-corrected chi connectivity index (χ0v) is 11.8. The monoisotopic (exact) mass is 298 g/mol. The zero-order valence-electron chi connectivity index (χ0n) is 11.0. The Kier molecular flexibility index (Phi) is 4.32. The summed E-state index contributed by atoms with van der Waals surface area (Å²) in [5.74, 6) is 1.13. The maximum Gasteiger partial charge on any atom is 0.416 e. The van der Waals surface area contributed by atoms with E-state index >= 15 is 0 Å². The number of hydrogen-bond acceptors (Lipinski definition) is 3. The topological polar surface area (TPSA) is 25.8 Å². The summed E-state index contributed by atoms with van der Waals surface area (Å²) < 4.78 is 38.3. The third-order valence-electron chi connectivity index (χ3n) is 2.63. The molecule has 0 fully saturated rings. The van der Waals surface area contributed by atoms with Gasteiger partial charge in [0.25, 0.3) is 0 Å². The van der Waals surface area contributed by atoms with Crippen molar-refractivity contribution >= 4 is 11.8 Å². The summed E-state index contributed by atoms with van der Waals surface area (Å²) in [5.41, 5.74) is 0.888. The van der Waals surface area contributed by atoms with Gasteiger partial charge in [-0.25, -0.2) is 9.97 Å². The molecule has 0 unspecified atom stereocenters. The lowest BCUT2D eigenvalue weighted by molar-refractivity contribution is -0.137. The highest BCUT2D eigenvalue weighted by atomic mass is 32.2. The lowest BCUT2D eigenvalue weighted by Gasteiger charge is -2.12. The van der Waals surface area contributed by atoms with Gasteiger partial charge in [0, 0.05) is 22.9 Å². The molecule has 0 saturated carbocycles. The van der Waals surface area contributed by atoms with Crippen LogP contribution in [0.1, 0.15) is 18.1 Å². The largest absolute Gasteiger partial charge is 0.416 e. The quantitative estimate of drug-likeness (QED) is 0.775. The molecular weight excluding hydrogens is 285 g/mol. The Morgan fingerprint density at radius 1 is 1.15 bits per heavy atom. The smallest absolute Gasteiger partial charge is 0.236 e. The number of hydrogen-bond donors (Lipinski definition) is 0. The maximum absolute atomic E-state index is 12.8. The van der Waals surface area contributed by atoms with Crippen molar-refractivity contribution in [2.75, 3.05) is 5.75 Å². The Labute approximate surface area is 119 Å². The molecule has 0 amide bonds. The predicted octanol–water partition coefficient (Wildman–Crippen LogP) is 4.58. The average molecular weight is 298 g/mol. The Hall–Kier alpha value is -1.56. The van der Waals surface area contributed by atoms with E-state index in [2.05, 4.69) is 9.97 Å². The van der Waals surface area contributed by atoms with E-state index in [1.165, 1.54) is 17.8 Å². The maximum atomic E-state index is 12.8. The van der Waals surface area contributed by atoms with Crippen molar-refractivity contribution in [3.8, 4) is 11.4 Å². The molecule has 106 valence electrons. The minimum absolute atomic E-state index is 0.445. The number of alkyl halides is 3. The van der Waals surface area contributed by atoms with Gasteiger partial charge in [-0.1, -0.05) is 6.92 Å². The molecular formula is C14H13F3N2S. The van der Waals surface area contributed by atoms with Crippen LogP contribution in [-0.4, -0.2) is 15.7 Å². The van der Waals surface area contributed by atoms with Gasteiger partial charge in [0.15, 0.2) is 5.82 Å². The van der Waals surface area contributed by atoms with Crippen molar-refractivity contribution in [1.82, 2.24) is 9.97 Å². The van der Waals surface area contributed by atoms with Crippen LogP contribution in [0.5, 0.6) is 0 Å². The fraction of sp³-hybridized carbons (Fsp3) is 0.286. The summed E-state index contributed by atoms with van der Waals surface area (Å²) in [4.78, 5) is 8.90. The van der Waals surface area contributed by atoms with E-state index in [-0.39, 0.29) is 0 Å². The molecule has 0 saturated heterocycles. The molecule has 2 aromatic rings. The van der Waals surface area contributed by atoms with Crippen LogP contribution in [0.2, 0.25) is 0 Å². The van der Waals surface area contributed by atoms with Gasteiger partial charge in [-0.2, -0.15) is 13.2 Å². The standard InChI is InChI=1S/C14H13F3N2S/c1-3-20-12-6-10(14(15,16)17)4-5-11(12)13-18-7-9(2)8-19-13/h4-8H,3H2,1-2H3. The van der Waals surface area contributed by atoms with E-state index in [4.69, 9.17) is 0 Å². The van der Waals surface area contributed by atoms with E-state index in [1.54, 1.807) is 12.4 Å². The van der Waals surface area contributed by atoms with E-state index in [1.807, 2.05) is 13.8 Å². The molecule has 0 radical (unpaired) electrons. The van der Waals surface area contributed by atoms with Gasteiger partial charge >= 0.3 is 6.18 Å². The van der Waals surface area contributed by atoms with Gasteiger partial charge in [-0.3, -0.25) is 0 Å². The first kappa shape index (κ1) is 14.8. The molecule has 1 heterocycles. The van der Waals surface area contributed by atoms with Crippen molar-refractivity contribution in [2.24, 2.45) is 0 Å². The summed E-state index contributed by atoms with van der Waals surface area (Å²) in [6.45, 7) is 3.75. The number of benzene rings is 1. The Balaban J connectivity index is 2.50. The fourth-order valence-electron chi connectivity index (χ4n) is 1.69. The van der Waals surface area contributed by atoms with Gasteiger partial charge in [0.2, 0.25) is 0 Å². The molecule has 0 bridgehead atoms. The molecule has 0 atom stereocenters. The van der Waals surface area contributed by atoms with Crippen LogP contribution in [0.4, 0.5) is 13.2 Å². The van der Waals surface area contributed by atoms with Crippen molar-refractivity contribution in [3.63, 3.8) is 0 Å². The summed E-state index contributed by atoms with van der Waals surface area (Å²) in [7, 11) is 0. The number of nitrogens with zero attached hydrogens (tertiary/aromatic N) is 2. The SMILES string of the molecule is CCSc1cc(C(F)(F)F)ccc1-c1ncc(C)cn1. The second kappa shape index (κ2) is 5.83. The Morgan fingerprint density at radius 2 is 1.80 bits per heavy atom. The van der Waals surface area contributed by atoms with Crippen LogP contribution in [0.15, 0.2) is 35.5 Å². The molecule has 2 nitrogen and oxygen atoms in total. The van der Waals surface area contributed by atoms with Crippen LogP contribution in [-0.2, 0) is 6.18 Å². The minimum Gasteiger partial charge on any atom is -0.236 e.